The van der Waals surface area contributed by atoms with Gasteiger partial charge >= 0.3 is 5.97 Å². The average Bonchev–Trinajstić information content (AvgIpc) is 3.13. The number of hydroxylamine groups is 4. The Hall–Kier alpha value is -2.41. The first-order chi connectivity index (χ1) is 13.0. The summed E-state index contributed by atoms with van der Waals surface area (Å²) in [6.07, 6.45) is 0.573. The van der Waals surface area contributed by atoms with Gasteiger partial charge in [0.15, 0.2) is 0 Å². The summed E-state index contributed by atoms with van der Waals surface area (Å²) >= 11 is 0. The standard InChI is InChI=1S/C15H20N2O10/c18-11-2-3-12(19)16(11)26-15(22)6-9-24-10-23-7-1-8-25-27-17-13(20)4-5-14(17)21/h1-10H2. The summed E-state index contributed by atoms with van der Waals surface area (Å²) in [6, 6.07) is 0. The lowest BCUT2D eigenvalue weighted by molar-refractivity contribution is -0.394. The Bertz CT molecular complexity index is 561. The largest absolute Gasteiger partial charge is 0.355 e. The zero-order chi connectivity index (χ0) is 19.6. The van der Waals surface area contributed by atoms with Crippen molar-refractivity contribution in [3.05, 3.63) is 0 Å². The molecule has 0 spiro atoms. The van der Waals surface area contributed by atoms with E-state index in [-0.39, 0.29) is 58.7 Å². The number of ether oxygens (including phenoxy) is 2. The highest BCUT2D eigenvalue weighted by Crippen LogP contribution is 2.13. The van der Waals surface area contributed by atoms with Crippen molar-refractivity contribution in [2.24, 2.45) is 0 Å². The molecule has 0 bridgehead atoms. The predicted octanol–water partition coefficient (Wildman–Crippen LogP) is -0.623. The van der Waals surface area contributed by atoms with Gasteiger partial charge in [-0.15, -0.1) is 15.1 Å². The molecule has 2 fully saturated rings. The fourth-order valence-corrected chi connectivity index (χ4v) is 2.09. The van der Waals surface area contributed by atoms with Crippen LogP contribution in [0.3, 0.4) is 0 Å². The maximum absolute atomic E-state index is 11.5. The first kappa shape index (κ1) is 20.9. The molecule has 2 aliphatic rings. The van der Waals surface area contributed by atoms with Crippen LogP contribution in [0.5, 0.6) is 0 Å². The number of nitrogens with zero attached hydrogens (tertiary/aromatic N) is 2. The van der Waals surface area contributed by atoms with Crippen LogP contribution in [0.2, 0.25) is 0 Å². The lowest BCUT2D eigenvalue weighted by atomic mass is 10.4. The van der Waals surface area contributed by atoms with Gasteiger partial charge in [-0.2, -0.15) is 0 Å². The van der Waals surface area contributed by atoms with E-state index in [0.717, 1.165) is 0 Å². The van der Waals surface area contributed by atoms with Gasteiger partial charge < -0.3 is 14.3 Å². The van der Waals surface area contributed by atoms with Crippen LogP contribution in [-0.2, 0) is 48.2 Å². The molecule has 0 N–H and O–H groups in total. The van der Waals surface area contributed by atoms with Gasteiger partial charge in [-0.25, -0.2) is 9.68 Å². The number of hydrogen-bond donors (Lipinski definition) is 0. The summed E-state index contributed by atoms with van der Waals surface area (Å²) in [7, 11) is 0. The SMILES string of the molecule is O=C(CCOCOCCCOON1C(=O)CCC1=O)ON1C(=O)CCC1=O. The van der Waals surface area contributed by atoms with Crippen LogP contribution in [0.4, 0.5) is 0 Å². The van der Waals surface area contributed by atoms with Crippen molar-refractivity contribution in [3.8, 4) is 0 Å². The van der Waals surface area contributed by atoms with E-state index in [2.05, 4.69) is 9.83 Å². The van der Waals surface area contributed by atoms with E-state index < -0.39 is 29.6 Å². The Labute approximate surface area is 154 Å². The van der Waals surface area contributed by atoms with E-state index in [0.29, 0.717) is 16.5 Å². The molecule has 0 aromatic heterocycles. The third-order valence-corrected chi connectivity index (χ3v) is 3.47. The fraction of sp³-hybridized carbons (Fsp3) is 0.667. The molecule has 4 amide bonds. The maximum atomic E-state index is 11.5. The molecule has 2 heterocycles. The lowest BCUT2D eigenvalue weighted by Gasteiger charge is -2.12. The minimum atomic E-state index is -0.754. The second kappa shape index (κ2) is 10.7. The monoisotopic (exact) mass is 388 g/mol. The first-order valence-corrected chi connectivity index (χ1v) is 8.36. The normalized spacial score (nSPS) is 17.3. The van der Waals surface area contributed by atoms with Gasteiger partial charge in [-0.3, -0.25) is 19.2 Å². The molecule has 0 aliphatic carbocycles. The van der Waals surface area contributed by atoms with Crippen LogP contribution in [-0.4, -0.2) is 66.3 Å². The summed E-state index contributed by atoms with van der Waals surface area (Å²) < 4.78 is 10.2. The molecule has 12 nitrogen and oxygen atoms in total. The van der Waals surface area contributed by atoms with Crippen LogP contribution >= 0.6 is 0 Å². The minimum absolute atomic E-state index is 0.00610. The smallest absolute Gasteiger partial charge is 0.335 e. The predicted molar refractivity (Wildman–Crippen MR) is 81.3 cm³/mol. The molecule has 0 aromatic carbocycles. The Morgan fingerprint density at radius 2 is 1.33 bits per heavy atom. The van der Waals surface area contributed by atoms with Crippen molar-refractivity contribution in [2.45, 2.75) is 38.5 Å². The third kappa shape index (κ3) is 6.67. The molecular formula is C15H20N2O10. The van der Waals surface area contributed by atoms with Crippen LogP contribution in [0, 0.1) is 0 Å². The van der Waals surface area contributed by atoms with Gasteiger partial charge in [0.05, 0.1) is 26.2 Å². The first-order valence-electron chi connectivity index (χ1n) is 8.36. The summed E-state index contributed by atoms with van der Waals surface area (Å²) in [5.41, 5.74) is 0. The molecule has 0 atom stereocenters. The quantitative estimate of drug-likeness (QED) is 0.140. The molecule has 12 heteroatoms. The van der Waals surface area contributed by atoms with Gasteiger partial charge in [-0.1, -0.05) is 0 Å². The van der Waals surface area contributed by atoms with E-state index in [4.69, 9.17) is 14.4 Å². The maximum Gasteiger partial charge on any atom is 0.335 e. The molecular weight excluding hydrogens is 368 g/mol. The van der Waals surface area contributed by atoms with Gasteiger partial charge in [0.25, 0.3) is 23.6 Å². The van der Waals surface area contributed by atoms with E-state index in [1.165, 1.54) is 0 Å². The average molecular weight is 388 g/mol. The highest BCUT2D eigenvalue weighted by atomic mass is 17.3. The molecule has 0 saturated carbocycles. The highest BCUT2D eigenvalue weighted by Gasteiger charge is 2.33. The van der Waals surface area contributed by atoms with Crippen molar-refractivity contribution in [2.75, 3.05) is 26.6 Å². The van der Waals surface area contributed by atoms with Gasteiger partial charge in [0.2, 0.25) is 0 Å². The molecule has 150 valence electrons. The van der Waals surface area contributed by atoms with Crippen LogP contribution in [0.25, 0.3) is 0 Å². The van der Waals surface area contributed by atoms with Crippen molar-refractivity contribution in [1.29, 1.82) is 0 Å². The van der Waals surface area contributed by atoms with Gasteiger partial charge in [-0.05, 0) is 6.42 Å². The number of rotatable bonds is 12. The van der Waals surface area contributed by atoms with Gasteiger partial charge in [0, 0.05) is 25.7 Å². The Morgan fingerprint density at radius 1 is 0.778 bits per heavy atom. The van der Waals surface area contributed by atoms with E-state index in [1.807, 2.05) is 0 Å². The second-order valence-corrected chi connectivity index (χ2v) is 5.56. The molecule has 2 rings (SSSR count). The zero-order valence-corrected chi connectivity index (χ0v) is 14.5. The van der Waals surface area contributed by atoms with E-state index in [1.54, 1.807) is 0 Å². The molecule has 2 aliphatic heterocycles. The van der Waals surface area contributed by atoms with Crippen molar-refractivity contribution >= 4 is 29.6 Å². The molecule has 2 saturated heterocycles. The van der Waals surface area contributed by atoms with Crippen LogP contribution < -0.4 is 0 Å². The zero-order valence-electron chi connectivity index (χ0n) is 14.5. The minimum Gasteiger partial charge on any atom is -0.355 e. The Morgan fingerprint density at radius 3 is 1.96 bits per heavy atom. The number of carbonyl (C=O) groups is 5. The van der Waals surface area contributed by atoms with Gasteiger partial charge in [0.1, 0.15) is 6.79 Å². The summed E-state index contributed by atoms with van der Waals surface area (Å²) in [4.78, 5) is 70.5. The summed E-state index contributed by atoms with van der Waals surface area (Å²) in [5.74, 6) is -2.72. The number of imide groups is 2. The van der Waals surface area contributed by atoms with Crippen LogP contribution in [0.15, 0.2) is 0 Å². The highest BCUT2D eigenvalue weighted by molar-refractivity contribution is 6.01. The number of hydrogen-bond acceptors (Lipinski definition) is 10. The van der Waals surface area contributed by atoms with Crippen molar-refractivity contribution < 1.29 is 48.2 Å². The van der Waals surface area contributed by atoms with E-state index in [9.17, 15) is 24.0 Å². The molecule has 27 heavy (non-hydrogen) atoms. The number of amides is 4. The van der Waals surface area contributed by atoms with Crippen molar-refractivity contribution in [1.82, 2.24) is 10.1 Å². The van der Waals surface area contributed by atoms with Crippen LogP contribution in [0.1, 0.15) is 38.5 Å². The fourth-order valence-electron chi connectivity index (χ4n) is 2.09. The Balaban J connectivity index is 1.40. The van der Waals surface area contributed by atoms with E-state index >= 15 is 0 Å². The number of carbonyl (C=O) groups excluding carboxylic acids is 5. The van der Waals surface area contributed by atoms with Crippen molar-refractivity contribution in [3.63, 3.8) is 0 Å². The third-order valence-electron chi connectivity index (χ3n) is 3.47. The molecule has 0 radical (unpaired) electrons. The lowest BCUT2D eigenvalue weighted by Crippen LogP contribution is -2.32. The topological polar surface area (TPSA) is 138 Å². The summed E-state index contributed by atoms with van der Waals surface area (Å²) in [6.45, 7) is 0.264. The molecule has 0 unspecified atom stereocenters. The summed E-state index contributed by atoms with van der Waals surface area (Å²) in [5, 5.41) is 1.07. The molecule has 0 aromatic rings. The Kier molecular flexibility index (Phi) is 8.26. The second-order valence-electron chi connectivity index (χ2n) is 5.56.